The van der Waals surface area contributed by atoms with Gasteiger partial charge in [0.15, 0.2) is 0 Å². The molecule has 2 rings (SSSR count). The third kappa shape index (κ3) is 3.43. The van der Waals surface area contributed by atoms with Gasteiger partial charge >= 0.3 is 0 Å². The Morgan fingerprint density at radius 1 is 1.29 bits per heavy atom. The summed E-state index contributed by atoms with van der Waals surface area (Å²) in [4.78, 5) is 0. The van der Waals surface area contributed by atoms with Crippen LogP contribution in [0.2, 0.25) is 0 Å². The van der Waals surface area contributed by atoms with Crippen LogP contribution in [0.4, 0.5) is 0 Å². The molecule has 1 heterocycles. The highest BCUT2D eigenvalue weighted by atomic mass is 15.2. The van der Waals surface area contributed by atoms with Crippen LogP contribution in [0.15, 0.2) is 42.7 Å². The first-order chi connectivity index (χ1) is 8.25. The Morgan fingerprint density at radius 2 is 2.06 bits per heavy atom. The summed E-state index contributed by atoms with van der Waals surface area (Å²) >= 11 is 0. The van der Waals surface area contributed by atoms with Gasteiger partial charge in [-0.2, -0.15) is 5.10 Å². The molecule has 1 unspecified atom stereocenters. The van der Waals surface area contributed by atoms with Gasteiger partial charge in [0.1, 0.15) is 0 Å². The van der Waals surface area contributed by atoms with E-state index in [1.807, 2.05) is 36.1 Å². The van der Waals surface area contributed by atoms with E-state index in [-0.39, 0.29) is 6.04 Å². The molecule has 0 aliphatic heterocycles. The van der Waals surface area contributed by atoms with Gasteiger partial charge in [-0.3, -0.25) is 4.68 Å². The molecule has 3 heteroatoms. The summed E-state index contributed by atoms with van der Waals surface area (Å²) in [5, 5.41) is 4.16. The molecule has 0 radical (unpaired) electrons. The molecule has 90 valence electrons. The van der Waals surface area contributed by atoms with Crippen LogP contribution in [-0.2, 0) is 13.5 Å². The second-order valence-electron chi connectivity index (χ2n) is 4.43. The van der Waals surface area contributed by atoms with Gasteiger partial charge in [0.2, 0.25) is 0 Å². The highest BCUT2D eigenvalue weighted by molar-refractivity contribution is 5.18. The molecule has 0 fully saturated rings. The second kappa shape index (κ2) is 5.64. The Morgan fingerprint density at radius 3 is 2.71 bits per heavy atom. The van der Waals surface area contributed by atoms with Gasteiger partial charge in [-0.1, -0.05) is 30.3 Å². The van der Waals surface area contributed by atoms with E-state index in [0.717, 1.165) is 19.3 Å². The maximum atomic E-state index is 6.14. The lowest BCUT2D eigenvalue weighted by Crippen LogP contribution is -2.10. The Hall–Kier alpha value is -1.61. The van der Waals surface area contributed by atoms with Crippen LogP contribution in [0.3, 0.4) is 0 Å². The van der Waals surface area contributed by atoms with Crippen LogP contribution in [-0.4, -0.2) is 9.78 Å². The molecule has 2 aromatic rings. The SMILES string of the molecule is Cn1cc(CCCC(N)c2ccccc2)cn1. The van der Waals surface area contributed by atoms with Crippen LogP contribution in [0.25, 0.3) is 0 Å². The predicted molar refractivity (Wildman–Crippen MR) is 69.5 cm³/mol. The average molecular weight is 229 g/mol. The molecule has 3 nitrogen and oxygen atoms in total. The lowest BCUT2D eigenvalue weighted by atomic mass is 10.0. The zero-order chi connectivity index (χ0) is 12.1. The van der Waals surface area contributed by atoms with Crippen LogP contribution in [0.5, 0.6) is 0 Å². The van der Waals surface area contributed by atoms with E-state index in [1.165, 1.54) is 11.1 Å². The second-order valence-corrected chi connectivity index (χ2v) is 4.43. The molecule has 1 aromatic heterocycles. The molecule has 0 amide bonds. The van der Waals surface area contributed by atoms with Crippen LogP contribution < -0.4 is 5.73 Å². The minimum Gasteiger partial charge on any atom is -0.324 e. The van der Waals surface area contributed by atoms with Crippen molar-refractivity contribution in [1.82, 2.24) is 9.78 Å². The van der Waals surface area contributed by atoms with Gasteiger partial charge in [-0.15, -0.1) is 0 Å². The summed E-state index contributed by atoms with van der Waals surface area (Å²) < 4.78 is 1.84. The summed E-state index contributed by atoms with van der Waals surface area (Å²) in [6.45, 7) is 0. The third-order valence-corrected chi connectivity index (χ3v) is 2.97. The summed E-state index contributed by atoms with van der Waals surface area (Å²) in [5.74, 6) is 0. The molecule has 0 saturated heterocycles. The molecule has 0 spiro atoms. The first kappa shape index (κ1) is 11.9. The zero-order valence-electron chi connectivity index (χ0n) is 10.2. The molecular weight excluding hydrogens is 210 g/mol. The minimum absolute atomic E-state index is 0.146. The summed E-state index contributed by atoms with van der Waals surface area (Å²) in [5.41, 5.74) is 8.65. The number of hydrogen-bond acceptors (Lipinski definition) is 2. The largest absolute Gasteiger partial charge is 0.324 e. The normalized spacial score (nSPS) is 12.6. The van der Waals surface area contributed by atoms with E-state index < -0.39 is 0 Å². The Balaban J connectivity index is 1.79. The van der Waals surface area contributed by atoms with Crippen LogP contribution >= 0.6 is 0 Å². The Kier molecular flexibility index (Phi) is 3.94. The number of nitrogens with zero attached hydrogens (tertiary/aromatic N) is 2. The summed E-state index contributed by atoms with van der Waals surface area (Å²) in [6.07, 6.45) is 7.15. The molecular formula is C14H19N3. The van der Waals surface area contributed by atoms with E-state index in [4.69, 9.17) is 5.73 Å². The highest BCUT2D eigenvalue weighted by Crippen LogP contribution is 2.16. The van der Waals surface area contributed by atoms with E-state index >= 15 is 0 Å². The van der Waals surface area contributed by atoms with Gasteiger partial charge in [0, 0.05) is 19.3 Å². The lowest BCUT2D eigenvalue weighted by molar-refractivity contribution is 0.611. The highest BCUT2D eigenvalue weighted by Gasteiger charge is 2.05. The number of nitrogens with two attached hydrogens (primary N) is 1. The first-order valence-corrected chi connectivity index (χ1v) is 6.04. The van der Waals surface area contributed by atoms with E-state index in [1.54, 1.807) is 0 Å². The summed E-state index contributed by atoms with van der Waals surface area (Å²) in [6, 6.07) is 10.4. The van der Waals surface area contributed by atoms with Crippen molar-refractivity contribution in [2.24, 2.45) is 12.8 Å². The standard InChI is InChI=1S/C14H19N3/c1-17-11-12(10-16-17)6-5-9-14(15)13-7-3-2-4-8-13/h2-4,7-8,10-11,14H,5-6,9,15H2,1H3. The molecule has 1 aromatic carbocycles. The van der Waals surface area contributed by atoms with Crippen molar-refractivity contribution in [3.05, 3.63) is 53.9 Å². The monoisotopic (exact) mass is 229 g/mol. The quantitative estimate of drug-likeness (QED) is 0.855. The molecule has 2 N–H and O–H groups in total. The number of rotatable bonds is 5. The predicted octanol–water partition coefficient (Wildman–Crippen LogP) is 2.44. The van der Waals surface area contributed by atoms with Crippen molar-refractivity contribution in [2.75, 3.05) is 0 Å². The topological polar surface area (TPSA) is 43.8 Å². The van der Waals surface area contributed by atoms with E-state index in [9.17, 15) is 0 Å². The van der Waals surface area contributed by atoms with E-state index in [0.29, 0.717) is 0 Å². The minimum atomic E-state index is 0.146. The van der Waals surface area contributed by atoms with Crippen molar-refractivity contribution >= 4 is 0 Å². The van der Waals surface area contributed by atoms with E-state index in [2.05, 4.69) is 23.4 Å². The first-order valence-electron chi connectivity index (χ1n) is 6.04. The molecule has 0 bridgehead atoms. The summed E-state index contributed by atoms with van der Waals surface area (Å²) in [7, 11) is 1.94. The number of aryl methyl sites for hydroxylation is 2. The van der Waals surface area contributed by atoms with Gasteiger partial charge in [0.05, 0.1) is 6.20 Å². The van der Waals surface area contributed by atoms with Gasteiger partial charge < -0.3 is 5.73 Å². The molecule has 0 aliphatic carbocycles. The van der Waals surface area contributed by atoms with Crippen molar-refractivity contribution < 1.29 is 0 Å². The zero-order valence-corrected chi connectivity index (χ0v) is 10.2. The van der Waals surface area contributed by atoms with Crippen molar-refractivity contribution in [2.45, 2.75) is 25.3 Å². The van der Waals surface area contributed by atoms with Crippen molar-refractivity contribution in [1.29, 1.82) is 0 Å². The smallest absolute Gasteiger partial charge is 0.0521 e. The molecule has 0 aliphatic rings. The maximum absolute atomic E-state index is 6.14. The average Bonchev–Trinajstić information content (AvgIpc) is 2.76. The fraction of sp³-hybridized carbons (Fsp3) is 0.357. The van der Waals surface area contributed by atoms with Crippen molar-refractivity contribution in [3.63, 3.8) is 0 Å². The Bertz CT molecular complexity index is 448. The fourth-order valence-electron chi connectivity index (χ4n) is 1.99. The maximum Gasteiger partial charge on any atom is 0.0521 e. The van der Waals surface area contributed by atoms with Gasteiger partial charge in [-0.05, 0) is 30.4 Å². The number of aromatic nitrogens is 2. The third-order valence-electron chi connectivity index (χ3n) is 2.97. The molecule has 1 atom stereocenters. The fourth-order valence-corrected chi connectivity index (χ4v) is 1.99. The van der Waals surface area contributed by atoms with Gasteiger partial charge in [0.25, 0.3) is 0 Å². The molecule has 17 heavy (non-hydrogen) atoms. The Labute approximate surface area is 102 Å². The van der Waals surface area contributed by atoms with Crippen molar-refractivity contribution in [3.8, 4) is 0 Å². The lowest BCUT2D eigenvalue weighted by Gasteiger charge is -2.11. The van der Waals surface area contributed by atoms with Gasteiger partial charge in [-0.25, -0.2) is 0 Å². The van der Waals surface area contributed by atoms with Crippen LogP contribution in [0, 0.1) is 0 Å². The number of hydrogen-bond donors (Lipinski definition) is 1. The van der Waals surface area contributed by atoms with Crippen LogP contribution in [0.1, 0.15) is 30.0 Å². The number of benzene rings is 1. The molecule has 0 saturated carbocycles.